The predicted octanol–water partition coefficient (Wildman–Crippen LogP) is 2.38. The van der Waals surface area contributed by atoms with Gasteiger partial charge in [0.25, 0.3) is 0 Å². The maximum absolute atomic E-state index is 4.18. The summed E-state index contributed by atoms with van der Waals surface area (Å²) in [5, 5.41) is 13.8. The SMILES string of the molecule is CCN(CC)CCNc1nncc2ccccc12. The van der Waals surface area contributed by atoms with Crippen LogP contribution in [0.25, 0.3) is 10.8 Å². The van der Waals surface area contributed by atoms with E-state index in [1.54, 1.807) is 6.20 Å². The highest BCUT2D eigenvalue weighted by Gasteiger charge is 2.03. The molecule has 96 valence electrons. The van der Waals surface area contributed by atoms with Crippen molar-refractivity contribution in [3.05, 3.63) is 30.5 Å². The Kier molecular flexibility index (Phi) is 4.47. The first kappa shape index (κ1) is 12.8. The van der Waals surface area contributed by atoms with E-state index in [1.807, 2.05) is 12.1 Å². The maximum Gasteiger partial charge on any atom is 0.156 e. The van der Waals surface area contributed by atoms with Crippen molar-refractivity contribution in [2.75, 3.05) is 31.5 Å². The molecule has 1 aromatic heterocycles. The quantitative estimate of drug-likeness (QED) is 0.847. The topological polar surface area (TPSA) is 41.0 Å². The molecule has 0 spiro atoms. The van der Waals surface area contributed by atoms with Gasteiger partial charge in [-0.15, -0.1) is 5.10 Å². The Hall–Kier alpha value is -1.68. The summed E-state index contributed by atoms with van der Waals surface area (Å²) in [6, 6.07) is 8.17. The third kappa shape index (κ3) is 2.96. The van der Waals surface area contributed by atoms with Gasteiger partial charge in [0.1, 0.15) is 0 Å². The van der Waals surface area contributed by atoms with Crippen LogP contribution in [0.1, 0.15) is 13.8 Å². The highest BCUT2D eigenvalue weighted by atomic mass is 15.2. The molecule has 0 saturated carbocycles. The summed E-state index contributed by atoms with van der Waals surface area (Å²) in [6.45, 7) is 8.45. The van der Waals surface area contributed by atoms with Gasteiger partial charge in [-0.3, -0.25) is 0 Å². The molecule has 2 aromatic rings. The first-order valence-corrected chi connectivity index (χ1v) is 6.51. The summed E-state index contributed by atoms with van der Waals surface area (Å²) >= 11 is 0. The molecule has 1 heterocycles. The average molecular weight is 244 g/mol. The fraction of sp³-hybridized carbons (Fsp3) is 0.429. The van der Waals surface area contributed by atoms with E-state index in [1.165, 1.54) is 0 Å². The van der Waals surface area contributed by atoms with Gasteiger partial charge >= 0.3 is 0 Å². The van der Waals surface area contributed by atoms with Crippen molar-refractivity contribution in [2.45, 2.75) is 13.8 Å². The summed E-state index contributed by atoms with van der Waals surface area (Å²) < 4.78 is 0. The molecule has 0 amide bonds. The first-order valence-electron chi connectivity index (χ1n) is 6.51. The first-order chi connectivity index (χ1) is 8.85. The number of benzene rings is 1. The summed E-state index contributed by atoms with van der Waals surface area (Å²) in [5.41, 5.74) is 0. The Balaban J connectivity index is 2.03. The van der Waals surface area contributed by atoms with Gasteiger partial charge in [-0.2, -0.15) is 5.10 Å². The Morgan fingerprint density at radius 2 is 1.94 bits per heavy atom. The molecule has 18 heavy (non-hydrogen) atoms. The normalized spacial score (nSPS) is 11.1. The molecule has 0 aliphatic heterocycles. The molecule has 4 heteroatoms. The molecule has 0 fully saturated rings. The average Bonchev–Trinajstić information content (AvgIpc) is 2.44. The lowest BCUT2D eigenvalue weighted by Gasteiger charge is -2.18. The van der Waals surface area contributed by atoms with Crippen LogP contribution in [0, 0.1) is 0 Å². The molecule has 1 aromatic carbocycles. The third-order valence-electron chi connectivity index (χ3n) is 3.19. The summed E-state index contributed by atoms with van der Waals surface area (Å²) in [4.78, 5) is 2.38. The number of fused-ring (bicyclic) bond motifs is 1. The minimum Gasteiger partial charge on any atom is -0.367 e. The smallest absolute Gasteiger partial charge is 0.156 e. The number of hydrogen-bond donors (Lipinski definition) is 1. The monoisotopic (exact) mass is 244 g/mol. The highest BCUT2D eigenvalue weighted by Crippen LogP contribution is 2.18. The Labute approximate surface area is 108 Å². The lowest BCUT2D eigenvalue weighted by atomic mass is 10.2. The molecule has 1 N–H and O–H groups in total. The number of aromatic nitrogens is 2. The summed E-state index contributed by atoms with van der Waals surface area (Å²) in [6.07, 6.45) is 1.80. The second-order valence-electron chi connectivity index (χ2n) is 4.23. The molecule has 0 atom stereocenters. The van der Waals surface area contributed by atoms with Crippen molar-refractivity contribution in [1.82, 2.24) is 15.1 Å². The van der Waals surface area contributed by atoms with E-state index < -0.39 is 0 Å². The zero-order valence-electron chi connectivity index (χ0n) is 11.1. The van der Waals surface area contributed by atoms with Gasteiger partial charge in [0.15, 0.2) is 5.82 Å². The summed E-state index contributed by atoms with van der Waals surface area (Å²) in [5.74, 6) is 0.875. The molecule has 2 rings (SSSR count). The molecule has 0 saturated heterocycles. The van der Waals surface area contributed by atoms with Crippen LogP contribution in [0.5, 0.6) is 0 Å². The van der Waals surface area contributed by atoms with E-state index in [9.17, 15) is 0 Å². The number of nitrogens with zero attached hydrogens (tertiary/aromatic N) is 3. The number of rotatable bonds is 6. The van der Waals surface area contributed by atoms with Crippen LogP contribution in [0.3, 0.4) is 0 Å². The molecular weight excluding hydrogens is 224 g/mol. The van der Waals surface area contributed by atoms with E-state index in [0.29, 0.717) is 0 Å². The van der Waals surface area contributed by atoms with E-state index in [2.05, 4.69) is 46.4 Å². The van der Waals surface area contributed by atoms with Crippen molar-refractivity contribution in [1.29, 1.82) is 0 Å². The molecule has 4 nitrogen and oxygen atoms in total. The lowest BCUT2D eigenvalue weighted by Crippen LogP contribution is -2.28. The van der Waals surface area contributed by atoms with Crippen LogP contribution in [0.4, 0.5) is 5.82 Å². The van der Waals surface area contributed by atoms with Crippen molar-refractivity contribution >= 4 is 16.6 Å². The number of anilines is 1. The van der Waals surface area contributed by atoms with Crippen molar-refractivity contribution in [2.24, 2.45) is 0 Å². The van der Waals surface area contributed by atoms with Crippen molar-refractivity contribution < 1.29 is 0 Å². The molecule has 0 bridgehead atoms. The second kappa shape index (κ2) is 6.31. The van der Waals surface area contributed by atoms with E-state index in [0.717, 1.165) is 42.8 Å². The predicted molar refractivity (Wildman–Crippen MR) is 75.8 cm³/mol. The lowest BCUT2D eigenvalue weighted by molar-refractivity contribution is 0.316. The molecular formula is C14H20N4. The molecule has 0 radical (unpaired) electrons. The zero-order chi connectivity index (χ0) is 12.8. The molecule has 0 aliphatic carbocycles. The van der Waals surface area contributed by atoms with E-state index in [-0.39, 0.29) is 0 Å². The maximum atomic E-state index is 4.18. The van der Waals surface area contributed by atoms with Crippen molar-refractivity contribution in [3.8, 4) is 0 Å². The molecule has 0 aliphatic rings. The van der Waals surface area contributed by atoms with E-state index in [4.69, 9.17) is 0 Å². The Morgan fingerprint density at radius 1 is 1.17 bits per heavy atom. The number of likely N-dealkylation sites (N-methyl/N-ethyl adjacent to an activating group) is 1. The van der Waals surface area contributed by atoms with Gasteiger partial charge in [-0.25, -0.2) is 0 Å². The minimum atomic E-state index is 0.875. The van der Waals surface area contributed by atoms with Gasteiger partial charge in [0, 0.05) is 23.9 Å². The standard InChI is InChI=1S/C14H20N4/c1-3-18(4-2)10-9-15-14-13-8-6-5-7-12(13)11-16-17-14/h5-8,11H,3-4,9-10H2,1-2H3,(H,15,17). The van der Waals surface area contributed by atoms with Gasteiger partial charge in [-0.1, -0.05) is 38.1 Å². The van der Waals surface area contributed by atoms with Gasteiger partial charge < -0.3 is 10.2 Å². The second-order valence-corrected chi connectivity index (χ2v) is 4.23. The molecule has 0 unspecified atom stereocenters. The van der Waals surface area contributed by atoms with Crippen LogP contribution in [-0.4, -0.2) is 41.3 Å². The fourth-order valence-corrected chi connectivity index (χ4v) is 2.03. The van der Waals surface area contributed by atoms with Crippen LogP contribution in [0.2, 0.25) is 0 Å². The third-order valence-corrected chi connectivity index (χ3v) is 3.19. The number of hydrogen-bond acceptors (Lipinski definition) is 4. The zero-order valence-corrected chi connectivity index (χ0v) is 11.1. The Bertz CT molecular complexity index is 489. The largest absolute Gasteiger partial charge is 0.367 e. The fourth-order valence-electron chi connectivity index (χ4n) is 2.03. The van der Waals surface area contributed by atoms with E-state index >= 15 is 0 Å². The highest BCUT2D eigenvalue weighted by molar-refractivity contribution is 5.90. The van der Waals surface area contributed by atoms with Gasteiger partial charge in [-0.05, 0) is 13.1 Å². The van der Waals surface area contributed by atoms with Gasteiger partial charge in [0.05, 0.1) is 6.20 Å². The van der Waals surface area contributed by atoms with Crippen LogP contribution >= 0.6 is 0 Å². The van der Waals surface area contributed by atoms with Crippen LogP contribution in [0.15, 0.2) is 30.5 Å². The summed E-state index contributed by atoms with van der Waals surface area (Å²) in [7, 11) is 0. The van der Waals surface area contributed by atoms with Crippen molar-refractivity contribution in [3.63, 3.8) is 0 Å². The Morgan fingerprint density at radius 3 is 2.72 bits per heavy atom. The van der Waals surface area contributed by atoms with Gasteiger partial charge in [0.2, 0.25) is 0 Å². The number of nitrogens with one attached hydrogen (secondary N) is 1. The minimum absolute atomic E-state index is 0.875. The van der Waals surface area contributed by atoms with Crippen LogP contribution in [-0.2, 0) is 0 Å². The van der Waals surface area contributed by atoms with Crippen LogP contribution < -0.4 is 5.32 Å².